The zero-order valence-electron chi connectivity index (χ0n) is 10.0. The molecule has 0 spiro atoms. The second kappa shape index (κ2) is 5.12. The van der Waals surface area contributed by atoms with Crippen LogP contribution in [0.3, 0.4) is 0 Å². The predicted octanol–water partition coefficient (Wildman–Crippen LogP) is 1.64. The number of pyridine rings is 1. The van der Waals surface area contributed by atoms with Crippen LogP contribution in [0.25, 0.3) is 0 Å². The maximum Gasteiger partial charge on any atom is 0.337 e. The molecule has 1 aliphatic heterocycles. The van der Waals surface area contributed by atoms with Gasteiger partial charge in [0.25, 0.3) is 0 Å². The highest BCUT2D eigenvalue weighted by Crippen LogP contribution is 2.25. The molecule has 0 aliphatic carbocycles. The van der Waals surface area contributed by atoms with Crippen LogP contribution >= 0.6 is 11.6 Å². The van der Waals surface area contributed by atoms with Crippen molar-refractivity contribution in [2.24, 2.45) is 5.92 Å². The molecule has 1 aliphatic rings. The Kier molecular flexibility index (Phi) is 3.73. The largest absolute Gasteiger partial charge is 0.478 e. The van der Waals surface area contributed by atoms with Crippen LogP contribution in [0.4, 0.5) is 5.82 Å². The molecule has 2 atom stereocenters. The van der Waals surface area contributed by atoms with Crippen LogP contribution in [-0.4, -0.2) is 40.4 Å². The first-order valence-corrected chi connectivity index (χ1v) is 6.18. The predicted molar refractivity (Wildman–Crippen MR) is 68.2 cm³/mol. The maximum absolute atomic E-state index is 11.0. The lowest BCUT2D eigenvalue weighted by Gasteiger charge is -2.35. The smallest absolute Gasteiger partial charge is 0.337 e. The number of carbonyl (C=O) groups is 1. The normalized spacial score (nSPS) is 24.1. The second-order valence-corrected chi connectivity index (χ2v) is 5.01. The summed E-state index contributed by atoms with van der Waals surface area (Å²) in [4.78, 5) is 17.0. The Hall–Kier alpha value is -1.33. The van der Waals surface area contributed by atoms with Crippen molar-refractivity contribution in [2.45, 2.75) is 19.4 Å². The Morgan fingerprint density at radius 1 is 1.61 bits per heavy atom. The van der Waals surface area contributed by atoms with Crippen LogP contribution in [0, 0.1) is 5.92 Å². The average molecular weight is 271 g/mol. The van der Waals surface area contributed by atoms with Crippen LogP contribution in [-0.2, 0) is 0 Å². The number of anilines is 1. The van der Waals surface area contributed by atoms with Crippen molar-refractivity contribution >= 4 is 23.4 Å². The summed E-state index contributed by atoms with van der Waals surface area (Å²) < 4.78 is 0. The number of nitrogens with zero attached hydrogens (tertiary/aromatic N) is 2. The van der Waals surface area contributed by atoms with Gasteiger partial charge in [-0.25, -0.2) is 9.78 Å². The number of hydrogen-bond donors (Lipinski definition) is 2. The van der Waals surface area contributed by atoms with Gasteiger partial charge in [0.15, 0.2) is 0 Å². The summed E-state index contributed by atoms with van der Waals surface area (Å²) >= 11 is 5.77. The van der Waals surface area contributed by atoms with Crippen LogP contribution < -0.4 is 4.90 Å². The molecule has 6 heteroatoms. The van der Waals surface area contributed by atoms with E-state index in [4.69, 9.17) is 16.7 Å². The standard InChI is InChI=1S/C12H15ClN2O3/c1-7-2-3-15(6-10(7)16)11-4-8(12(17)18)9(13)5-14-11/h4-5,7,10,16H,2-3,6H2,1H3,(H,17,18). The SMILES string of the molecule is CC1CCN(c2cc(C(=O)O)c(Cl)cn2)CC1O. The first kappa shape index (κ1) is 13.1. The second-order valence-electron chi connectivity index (χ2n) is 4.61. The van der Waals surface area contributed by atoms with E-state index in [0.29, 0.717) is 12.4 Å². The van der Waals surface area contributed by atoms with E-state index < -0.39 is 12.1 Å². The van der Waals surface area contributed by atoms with Crippen LogP contribution in [0.2, 0.25) is 5.02 Å². The molecule has 5 nitrogen and oxygen atoms in total. The summed E-state index contributed by atoms with van der Waals surface area (Å²) in [7, 11) is 0. The molecule has 1 saturated heterocycles. The van der Waals surface area contributed by atoms with Gasteiger partial charge >= 0.3 is 5.97 Å². The number of piperidine rings is 1. The minimum atomic E-state index is -1.07. The molecule has 2 heterocycles. The van der Waals surface area contributed by atoms with Gasteiger partial charge in [-0.3, -0.25) is 0 Å². The average Bonchev–Trinajstić information content (AvgIpc) is 2.33. The first-order chi connectivity index (χ1) is 8.49. The molecule has 2 unspecified atom stereocenters. The number of aliphatic hydroxyl groups is 1. The minimum absolute atomic E-state index is 0.0368. The summed E-state index contributed by atoms with van der Waals surface area (Å²) in [5, 5.41) is 19.0. The van der Waals surface area contributed by atoms with Gasteiger partial charge in [0.1, 0.15) is 5.82 Å². The van der Waals surface area contributed by atoms with E-state index in [0.717, 1.165) is 13.0 Å². The Morgan fingerprint density at radius 2 is 2.33 bits per heavy atom. The monoisotopic (exact) mass is 270 g/mol. The fraction of sp³-hybridized carbons (Fsp3) is 0.500. The Bertz CT molecular complexity index is 467. The molecule has 0 amide bonds. The van der Waals surface area contributed by atoms with Gasteiger partial charge < -0.3 is 15.1 Å². The molecule has 1 aromatic rings. The molecule has 0 radical (unpaired) electrons. The zero-order valence-corrected chi connectivity index (χ0v) is 10.8. The highest BCUT2D eigenvalue weighted by Gasteiger charge is 2.25. The topological polar surface area (TPSA) is 73.7 Å². The molecule has 0 saturated carbocycles. The Balaban J connectivity index is 2.24. The number of rotatable bonds is 2. The number of carboxylic acids is 1. The van der Waals surface area contributed by atoms with Crippen molar-refractivity contribution in [3.05, 3.63) is 22.8 Å². The lowest BCUT2D eigenvalue weighted by Crippen LogP contribution is -2.43. The molecular weight excluding hydrogens is 256 g/mol. The third-order valence-electron chi connectivity index (χ3n) is 3.31. The fourth-order valence-electron chi connectivity index (χ4n) is 2.02. The molecule has 0 bridgehead atoms. The third kappa shape index (κ3) is 2.57. The van der Waals surface area contributed by atoms with Gasteiger partial charge in [0.05, 0.1) is 16.7 Å². The summed E-state index contributed by atoms with van der Waals surface area (Å²) in [5.74, 6) is -0.273. The van der Waals surface area contributed by atoms with Crippen molar-refractivity contribution in [3.8, 4) is 0 Å². The van der Waals surface area contributed by atoms with Gasteiger partial charge in [0.2, 0.25) is 0 Å². The Labute approximate surface area is 110 Å². The van der Waals surface area contributed by atoms with Crippen molar-refractivity contribution in [2.75, 3.05) is 18.0 Å². The zero-order chi connectivity index (χ0) is 13.3. The van der Waals surface area contributed by atoms with E-state index in [1.807, 2.05) is 11.8 Å². The molecular formula is C12H15ClN2O3. The number of halogens is 1. The molecule has 2 N–H and O–H groups in total. The quantitative estimate of drug-likeness (QED) is 0.855. The van der Waals surface area contributed by atoms with Gasteiger partial charge in [-0.15, -0.1) is 0 Å². The molecule has 1 fully saturated rings. The molecule has 98 valence electrons. The van der Waals surface area contributed by atoms with Crippen molar-refractivity contribution in [1.29, 1.82) is 0 Å². The van der Waals surface area contributed by atoms with Gasteiger partial charge in [-0.05, 0) is 18.4 Å². The summed E-state index contributed by atoms with van der Waals surface area (Å²) in [6.45, 7) is 3.22. The minimum Gasteiger partial charge on any atom is -0.478 e. The van der Waals surface area contributed by atoms with Gasteiger partial charge in [0, 0.05) is 19.3 Å². The van der Waals surface area contributed by atoms with Crippen molar-refractivity contribution < 1.29 is 15.0 Å². The van der Waals surface area contributed by atoms with E-state index in [1.54, 1.807) is 0 Å². The number of aromatic nitrogens is 1. The summed E-state index contributed by atoms with van der Waals surface area (Å²) in [6, 6.07) is 1.45. The maximum atomic E-state index is 11.0. The first-order valence-electron chi connectivity index (χ1n) is 5.81. The lowest BCUT2D eigenvalue weighted by atomic mass is 9.96. The van der Waals surface area contributed by atoms with E-state index in [1.165, 1.54) is 12.3 Å². The lowest BCUT2D eigenvalue weighted by molar-refractivity contribution is 0.0697. The number of β-amino-alcohol motifs (C(OH)–C–C–N with tert-alkyl or cyclic N) is 1. The third-order valence-corrected chi connectivity index (χ3v) is 3.62. The van der Waals surface area contributed by atoms with Crippen LogP contribution in [0.15, 0.2) is 12.3 Å². The van der Waals surface area contributed by atoms with Crippen LogP contribution in [0.5, 0.6) is 0 Å². The number of aliphatic hydroxyl groups excluding tert-OH is 1. The molecule has 1 aromatic heterocycles. The van der Waals surface area contributed by atoms with E-state index in [-0.39, 0.29) is 16.5 Å². The number of hydrogen-bond acceptors (Lipinski definition) is 4. The summed E-state index contributed by atoms with van der Waals surface area (Å²) in [6.07, 6.45) is 1.78. The highest BCUT2D eigenvalue weighted by atomic mass is 35.5. The number of carboxylic acid groups (broad SMARTS) is 1. The summed E-state index contributed by atoms with van der Waals surface area (Å²) in [5.41, 5.74) is 0.0368. The van der Waals surface area contributed by atoms with Gasteiger partial charge in [-0.2, -0.15) is 0 Å². The van der Waals surface area contributed by atoms with Gasteiger partial charge in [-0.1, -0.05) is 18.5 Å². The van der Waals surface area contributed by atoms with Crippen molar-refractivity contribution in [1.82, 2.24) is 4.98 Å². The van der Waals surface area contributed by atoms with E-state index >= 15 is 0 Å². The van der Waals surface area contributed by atoms with E-state index in [9.17, 15) is 9.90 Å². The Morgan fingerprint density at radius 3 is 2.94 bits per heavy atom. The fourth-order valence-corrected chi connectivity index (χ4v) is 2.21. The van der Waals surface area contributed by atoms with E-state index in [2.05, 4.69) is 4.98 Å². The van der Waals surface area contributed by atoms with Crippen LogP contribution in [0.1, 0.15) is 23.7 Å². The number of aromatic carboxylic acids is 1. The molecule has 0 aromatic carbocycles. The molecule has 18 heavy (non-hydrogen) atoms. The highest BCUT2D eigenvalue weighted by molar-refractivity contribution is 6.33. The molecule has 2 rings (SSSR count). The van der Waals surface area contributed by atoms with Crippen molar-refractivity contribution in [3.63, 3.8) is 0 Å².